The average molecular weight is 187 g/mol. The van der Waals surface area contributed by atoms with Crippen molar-refractivity contribution >= 4 is 5.69 Å². The maximum Gasteiger partial charge on any atom is 0.0791 e. The first kappa shape index (κ1) is 10.7. The molecule has 1 nitrogen and oxygen atoms in total. The molecule has 0 amide bonds. The smallest absolute Gasteiger partial charge is 0.0791 e. The summed E-state index contributed by atoms with van der Waals surface area (Å²) in [6.45, 7) is 5.01. The van der Waals surface area contributed by atoms with Crippen LogP contribution >= 0.6 is 0 Å². The van der Waals surface area contributed by atoms with E-state index in [1.54, 1.807) is 0 Å². The highest BCUT2D eigenvalue weighted by Crippen LogP contribution is 2.09. The first-order chi connectivity index (χ1) is 6.70. The molecule has 1 aromatic rings. The van der Waals surface area contributed by atoms with Gasteiger partial charge in [0.2, 0.25) is 0 Å². The van der Waals surface area contributed by atoms with Crippen molar-refractivity contribution in [1.29, 1.82) is 0 Å². The van der Waals surface area contributed by atoms with Gasteiger partial charge in [-0.1, -0.05) is 43.9 Å². The molecular formula is C13H17N. The molecule has 0 atom stereocenters. The zero-order chi connectivity index (χ0) is 10.4. The maximum atomic E-state index is 3.16. The summed E-state index contributed by atoms with van der Waals surface area (Å²) in [5, 5.41) is 0. The fraction of sp³-hybridized carbons (Fsp3) is 0.385. The largest absolute Gasteiger partial charge is 0.363 e. The minimum absolute atomic E-state index is 0.458. The molecule has 14 heavy (non-hydrogen) atoms. The van der Waals surface area contributed by atoms with E-state index in [0.29, 0.717) is 5.92 Å². The minimum atomic E-state index is 0.458. The first-order valence-corrected chi connectivity index (χ1v) is 4.94. The van der Waals surface area contributed by atoms with Gasteiger partial charge in [0.25, 0.3) is 0 Å². The lowest BCUT2D eigenvalue weighted by Gasteiger charge is -2.15. The van der Waals surface area contributed by atoms with E-state index >= 15 is 0 Å². The monoisotopic (exact) mass is 187 g/mol. The highest BCUT2D eigenvalue weighted by Gasteiger charge is 1.95. The molecule has 1 rings (SSSR count). The number of para-hydroxylation sites is 1. The van der Waals surface area contributed by atoms with E-state index in [1.807, 2.05) is 18.2 Å². The van der Waals surface area contributed by atoms with Gasteiger partial charge in [-0.25, -0.2) is 0 Å². The van der Waals surface area contributed by atoms with Gasteiger partial charge in [-0.2, -0.15) is 0 Å². The average Bonchev–Trinajstić information content (AvgIpc) is 2.18. The highest BCUT2D eigenvalue weighted by molar-refractivity contribution is 5.46. The van der Waals surface area contributed by atoms with Crippen molar-refractivity contribution in [2.24, 2.45) is 5.92 Å². The summed E-state index contributed by atoms with van der Waals surface area (Å²) in [5.74, 6) is 6.77. The van der Waals surface area contributed by atoms with Crippen molar-refractivity contribution < 1.29 is 0 Å². The van der Waals surface area contributed by atoms with Crippen LogP contribution in [0.1, 0.15) is 13.8 Å². The van der Waals surface area contributed by atoms with Crippen LogP contribution in [-0.4, -0.2) is 13.6 Å². The van der Waals surface area contributed by atoms with Gasteiger partial charge in [-0.3, -0.25) is 0 Å². The Bertz CT molecular complexity index is 316. The van der Waals surface area contributed by atoms with E-state index in [-0.39, 0.29) is 0 Å². The molecule has 0 radical (unpaired) electrons. The van der Waals surface area contributed by atoms with Gasteiger partial charge in [0.05, 0.1) is 6.54 Å². The van der Waals surface area contributed by atoms with Gasteiger partial charge in [0, 0.05) is 18.7 Å². The van der Waals surface area contributed by atoms with E-state index in [9.17, 15) is 0 Å². The zero-order valence-corrected chi connectivity index (χ0v) is 9.12. The second kappa shape index (κ2) is 5.34. The molecule has 0 aromatic heterocycles. The Kier molecular flexibility index (Phi) is 4.07. The Balaban J connectivity index is 2.53. The number of hydrogen-bond acceptors (Lipinski definition) is 1. The normalized spacial score (nSPS) is 9.43. The molecule has 0 bridgehead atoms. The fourth-order valence-corrected chi connectivity index (χ4v) is 1.14. The molecule has 0 N–H and O–H groups in total. The lowest BCUT2D eigenvalue weighted by Crippen LogP contribution is -2.16. The molecular weight excluding hydrogens is 170 g/mol. The topological polar surface area (TPSA) is 3.24 Å². The second-order valence-corrected chi connectivity index (χ2v) is 3.67. The number of rotatable bonds is 2. The zero-order valence-electron chi connectivity index (χ0n) is 9.12. The van der Waals surface area contributed by atoms with Gasteiger partial charge in [-0.05, 0) is 12.1 Å². The van der Waals surface area contributed by atoms with Crippen LogP contribution < -0.4 is 4.90 Å². The van der Waals surface area contributed by atoms with Crippen molar-refractivity contribution in [3.63, 3.8) is 0 Å². The Morgan fingerprint density at radius 2 is 1.86 bits per heavy atom. The third-order valence-corrected chi connectivity index (χ3v) is 1.90. The van der Waals surface area contributed by atoms with E-state index in [1.165, 1.54) is 5.69 Å². The summed E-state index contributed by atoms with van der Waals surface area (Å²) in [6.07, 6.45) is 0. The van der Waals surface area contributed by atoms with Crippen molar-refractivity contribution in [2.45, 2.75) is 13.8 Å². The summed E-state index contributed by atoms with van der Waals surface area (Å²) in [4.78, 5) is 2.15. The van der Waals surface area contributed by atoms with Crippen molar-refractivity contribution in [1.82, 2.24) is 0 Å². The van der Waals surface area contributed by atoms with E-state index in [4.69, 9.17) is 0 Å². The molecule has 0 heterocycles. The fourth-order valence-electron chi connectivity index (χ4n) is 1.14. The quantitative estimate of drug-likeness (QED) is 0.643. The van der Waals surface area contributed by atoms with E-state index in [2.05, 4.69) is 49.8 Å². The summed E-state index contributed by atoms with van der Waals surface area (Å²) in [7, 11) is 2.06. The van der Waals surface area contributed by atoms with Gasteiger partial charge in [0.1, 0.15) is 0 Å². The SMILES string of the molecule is CC(C)C#CCN(C)c1ccccc1. The molecule has 0 aliphatic rings. The van der Waals surface area contributed by atoms with Gasteiger partial charge in [0.15, 0.2) is 0 Å². The van der Waals surface area contributed by atoms with Crippen LogP contribution in [0.3, 0.4) is 0 Å². The van der Waals surface area contributed by atoms with Crippen molar-refractivity contribution in [3.05, 3.63) is 30.3 Å². The Labute approximate surface area is 86.7 Å². The van der Waals surface area contributed by atoms with Crippen LogP contribution in [0.15, 0.2) is 30.3 Å². The number of benzene rings is 1. The van der Waals surface area contributed by atoms with Crippen LogP contribution in [-0.2, 0) is 0 Å². The summed E-state index contributed by atoms with van der Waals surface area (Å²) in [5.41, 5.74) is 1.21. The first-order valence-electron chi connectivity index (χ1n) is 4.94. The molecule has 0 spiro atoms. The van der Waals surface area contributed by atoms with Gasteiger partial charge in [-0.15, -0.1) is 0 Å². The van der Waals surface area contributed by atoms with E-state index in [0.717, 1.165) is 6.54 Å². The minimum Gasteiger partial charge on any atom is -0.363 e. The van der Waals surface area contributed by atoms with Crippen molar-refractivity contribution in [2.75, 3.05) is 18.5 Å². The molecule has 1 aromatic carbocycles. The molecule has 0 fully saturated rings. The van der Waals surface area contributed by atoms with Crippen LogP contribution in [0.5, 0.6) is 0 Å². The second-order valence-electron chi connectivity index (χ2n) is 3.67. The van der Waals surface area contributed by atoms with Crippen LogP contribution in [0.4, 0.5) is 5.69 Å². The van der Waals surface area contributed by atoms with Crippen LogP contribution in [0.25, 0.3) is 0 Å². The maximum absolute atomic E-state index is 3.16. The molecule has 0 saturated heterocycles. The molecule has 74 valence electrons. The lowest BCUT2D eigenvalue weighted by molar-refractivity contribution is 0.864. The molecule has 1 heteroatoms. The van der Waals surface area contributed by atoms with Crippen LogP contribution in [0.2, 0.25) is 0 Å². The summed E-state index contributed by atoms with van der Waals surface area (Å²) in [6, 6.07) is 10.3. The predicted octanol–water partition coefficient (Wildman–Crippen LogP) is 2.78. The third kappa shape index (κ3) is 3.53. The standard InChI is InChI=1S/C13H17N/c1-12(2)8-7-11-14(3)13-9-5-4-6-10-13/h4-6,9-10,12H,11H2,1-3H3. The van der Waals surface area contributed by atoms with Crippen LogP contribution in [0, 0.1) is 17.8 Å². The number of nitrogens with zero attached hydrogens (tertiary/aromatic N) is 1. The Morgan fingerprint density at radius 1 is 1.21 bits per heavy atom. The highest BCUT2D eigenvalue weighted by atomic mass is 15.1. The van der Waals surface area contributed by atoms with Gasteiger partial charge >= 0.3 is 0 Å². The molecule has 0 aliphatic heterocycles. The van der Waals surface area contributed by atoms with Crippen molar-refractivity contribution in [3.8, 4) is 11.8 Å². The Hall–Kier alpha value is -1.42. The lowest BCUT2D eigenvalue weighted by atomic mass is 10.2. The predicted molar refractivity (Wildman–Crippen MR) is 62.3 cm³/mol. The molecule has 0 saturated carbocycles. The third-order valence-electron chi connectivity index (χ3n) is 1.90. The van der Waals surface area contributed by atoms with E-state index < -0.39 is 0 Å². The number of hydrogen-bond donors (Lipinski definition) is 0. The molecule has 0 aliphatic carbocycles. The number of anilines is 1. The Morgan fingerprint density at radius 3 is 2.43 bits per heavy atom. The summed E-state index contributed by atoms with van der Waals surface area (Å²) < 4.78 is 0. The van der Waals surface area contributed by atoms with Gasteiger partial charge < -0.3 is 4.90 Å². The summed E-state index contributed by atoms with van der Waals surface area (Å²) >= 11 is 0. The molecule has 0 unspecified atom stereocenters.